The Morgan fingerprint density at radius 2 is 2.21 bits per heavy atom. The molecule has 0 bridgehead atoms. The molecule has 28 heavy (non-hydrogen) atoms. The Kier molecular flexibility index (Phi) is 4.12. The van der Waals surface area contributed by atoms with Crippen LogP contribution in [0.3, 0.4) is 0 Å². The Morgan fingerprint density at radius 3 is 3.00 bits per heavy atom. The monoisotopic (exact) mass is 416 g/mol. The molecule has 0 saturated heterocycles. The number of thiazole rings is 1. The fourth-order valence-corrected chi connectivity index (χ4v) is 4.85. The van der Waals surface area contributed by atoms with Crippen LogP contribution in [0.2, 0.25) is 5.02 Å². The largest absolute Gasteiger partial charge is 0.495 e. The van der Waals surface area contributed by atoms with E-state index < -0.39 is 11.9 Å². The van der Waals surface area contributed by atoms with Crippen molar-refractivity contribution in [1.82, 2.24) is 9.97 Å². The van der Waals surface area contributed by atoms with Gasteiger partial charge in [0.1, 0.15) is 16.9 Å². The quantitative estimate of drug-likeness (QED) is 0.528. The molecule has 0 radical (unpaired) electrons. The molecule has 5 nitrogen and oxygen atoms in total. The SMILES string of the molecule is COc1cnc2c(-c3nc4cc(F)c5c(c4s3)C[C@H](CO)O5)cc(Cl)cc2c1. The van der Waals surface area contributed by atoms with Gasteiger partial charge in [-0.25, -0.2) is 9.37 Å². The van der Waals surface area contributed by atoms with E-state index in [0.29, 0.717) is 27.7 Å². The molecule has 3 heterocycles. The second-order valence-electron chi connectivity index (χ2n) is 6.56. The van der Waals surface area contributed by atoms with E-state index in [2.05, 4.69) is 9.97 Å². The average molecular weight is 417 g/mol. The number of hydrogen-bond donors (Lipinski definition) is 1. The summed E-state index contributed by atoms with van der Waals surface area (Å²) in [7, 11) is 1.58. The molecular formula is C20H14ClFN2O3S. The van der Waals surface area contributed by atoms with E-state index in [4.69, 9.17) is 21.1 Å². The van der Waals surface area contributed by atoms with Crippen LogP contribution in [0.15, 0.2) is 30.5 Å². The van der Waals surface area contributed by atoms with E-state index in [9.17, 15) is 9.50 Å². The van der Waals surface area contributed by atoms with E-state index in [-0.39, 0.29) is 12.4 Å². The Bertz CT molecular complexity index is 1240. The lowest BCUT2D eigenvalue weighted by Crippen LogP contribution is -2.17. The van der Waals surface area contributed by atoms with Crippen LogP contribution < -0.4 is 9.47 Å². The minimum atomic E-state index is -0.464. The maximum atomic E-state index is 14.5. The number of fused-ring (bicyclic) bond motifs is 4. The zero-order valence-corrected chi connectivity index (χ0v) is 16.3. The maximum absolute atomic E-state index is 14.5. The van der Waals surface area contributed by atoms with Gasteiger partial charge < -0.3 is 14.6 Å². The minimum absolute atomic E-state index is 0.161. The molecule has 0 spiro atoms. The summed E-state index contributed by atoms with van der Waals surface area (Å²) in [6.07, 6.45) is 1.67. The molecule has 0 aliphatic carbocycles. The van der Waals surface area contributed by atoms with Gasteiger partial charge in [0.15, 0.2) is 11.6 Å². The smallest absolute Gasteiger partial charge is 0.167 e. The molecule has 4 aromatic rings. The molecule has 1 aliphatic heterocycles. The van der Waals surface area contributed by atoms with Gasteiger partial charge in [-0.15, -0.1) is 11.3 Å². The van der Waals surface area contributed by atoms with Gasteiger partial charge in [-0.3, -0.25) is 4.98 Å². The van der Waals surface area contributed by atoms with Crippen molar-refractivity contribution in [3.63, 3.8) is 0 Å². The Morgan fingerprint density at radius 1 is 1.36 bits per heavy atom. The zero-order valence-electron chi connectivity index (χ0n) is 14.7. The van der Waals surface area contributed by atoms with Crippen LogP contribution in [-0.4, -0.2) is 34.9 Å². The van der Waals surface area contributed by atoms with Gasteiger partial charge in [0.25, 0.3) is 0 Å². The summed E-state index contributed by atoms with van der Waals surface area (Å²) >= 11 is 7.77. The van der Waals surface area contributed by atoms with Crippen molar-refractivity contribution < 1.29 is 19.0 Å². The van der Waals surface area contributed by atoms with Gasteiger partial charge in [-0.2, -0.15) is 0 Å². The molecule has 2 aromatic heterocycles. The summed E-state index contributed by atoms with van der Waals surface area (Å²) < 4.78 is 26.1. The van der Waals surface area contributed by atoms with E-state index in [1.807, 2.05) is 18.2 Å². The number of nitrogens with zero attached hydrogens (tertiary/aromatic N) is 2. The normalized spacial score (nSPS) is 15.8. The van der Waals surface area contributed by atoms with Gasteiger partial charge in [-0.05, 0) is 18.2 Å². The Hall–Kier alpha value is -2.48. The van der Waals surface area contributed by atoms with Crippen LogP contribution >= 0.6 is 22.9 Å². The van der Waals surface area contributed by atoms with Gasteiger partial charge in [0, 0.05) is 34.0 Å². The first-order valence-corrected chi connectivity index (χ1v) is 9.80. The molecule has 0 unspecified atom stereocenters. The van der Waals surface area contributed by atoms with E-state index in [1.54, 1.807) is 13.3 Å². The third-order valence-corrected chi connectivity index (χ3v) is 6.17. The summed E-state index contributed by atoms with van der Waals surface area (Å²) in [5.74, 6) is 0.381. The number of aliphatic hydroxyl groups excluding tert-OH is 1. The molecule has 1 N–H and O–H groups in total. The van der Waals surface area contributed by atoms with Gasteiger partial charge in [0.05, 0.1) is 35.6 Å². The Labute approximate surface area is 168 Å². The fourth-order valence-electron chi connectivity index (χ4n) is 3.51. The number of aromatic nitrogens is 2. The number of halogens is 2. The summed E-state index contributed by atoms with van der Waals surface area (Å²) in [6, 6.07) is 6.87. The van der Waals surface area contributed by atoms with Crippen LogP contribution in [-0.2, 0) is 6.42 Å². The number of methoxy groups -OCH3 is 1. The third kappa shape index (κ3) is 2.70. The van der Waals surface area contributed by atoms with Crippen LogP contribution in [0.5, 0.6) is 11.5 Å². The van der Waals surface area contributed by atoms with Gasteiger partial charge in [-0.1, -0.05) is 11.6 Å². The lowest BCUT2D eigenvalue weighted by Gasteiger charge is -2.06. The van der Waals surface area contributed by atoms with Crippen molar-refractivity contribution in [2.24, 2.45) is 0 Å². The van der Waals surface area contributed by atoms with Crippen molar-refractivity contribution in [2.45, 2.75) is 12.5 Å². The molecular weight excluding hydrogens is 403 g/mol. The number of ether oxygens (including phenoxy) is 2. The fraction of sp³-hybridized carbons (Fsp3) is 0.200. The molecule has 0 amide bonds. The van der Waals surface area contributed by atoms with E-state index in [0.717, 1.165) is 26.7 Å². The summed E-state index contributed by atoms with van der Waals surface area (Å²) in [5, 5.41) is 11.5. The molecule has 8 heteroatoms. The summed E-state index contributed by atoms with van der Waals surface area (Å²) in [6.45, 7) is -0.161. The lowest BCUT2D eigenvalue weighted by molar-refractivity contribution is 0.131. The second kappa shape index (κ2) is 6.55. The molecule has 1 atom stereocenters. The molecule has 0 fully saturated rings. The van der Waals surface area contributed by atoms with Gasteiger partial charge in [0.2, 0.25) is 0 Å². The molecule has 1 aliphatic rings. The predicted molar refractivity (Wildman–Crippen MR) is 107 cm³/mol. The van der Waals surface area contributed by atoms with Crippen molar-refractivity contribution in [1.29, 1.82) is 0 Å². The van der Waals surface area contributed by atoms with Crippen molar-refractivity contribution >= 4 is 44.1 Å². The highest BCUT2D eigenvalue weighted by Crippen LogP contribution is 2.43. The summed E-state index contributed by atoms with van der Waals surface area (Å²) in [5.41, 5.74) is 2.82. The lowest BCUT2D eigenvalue weighted by atomic mass is 10.1. The summed E-state index contributed by atoms with van der Waals surface area (Å²) in [4.78, 5) is 9.14. The topological polar surface area (TPSA) is 64.5 Å². The number of pyridine rings is 1. The van der Waals surface area contributed by atoms with Crippen molar-refractivity contribution in [3.8, 4) is 22.1 Å². The Balaban J connectivity index is 1.73. The first kappa shape index (κ1) is 17.6. The van der Waals surface area contributed by atoms with Crippen LogP contribution in [0.4, 0.5) is 4.39 Å². The first-order chi connectivity index (χ1) is 13.6. The molecule has 5 rings (SSSR count). The second-order valence-corrected chi connectivity index (χ2v) is 8.00. The van der Waals surface area contributed by atoms with Gasteiger partial charge >= 0.3 is 0 Å². The predicted octanol–water partition coefficient (Wildman–Crippen LogP) is 4.61. The standard InChI is InChI=1S/C20H14ClFN2O3S/c1-26-11-3-9-2-10(21)4-13(17(9)23-7-11)20-24-16-6-15(22)18-14(19(16)28-20)5-12(8-25)27-18/h2-4,6-7,12,25H,5,8H2,1H3/t12-/m1/s1. The van der Waals surface area contributed by atoms with E-state index >= 15 is 0 Å². The molecule has 0 saturated carbocycles. The highest BCUT2D eigenvalue weighted by atomic mass is 35.5. The maximum Gasteiger partial charge on any atom is 0.167 e. The van der Waals surface area contributed by atoms with Crippen molar-refractivity contribution in [3.05, 3.63) is 46.9 Å². The highest BCUT2D eigenvalue weighted by Gasteiger charge is 2.29. The molecule has 142 valence electrons. The minimum Gasteiger partial charge on any atom is -0.495 e. The molecule has 2 aromatic carbocycles. The van der Waals surface area contributed by atoms with E-state index in [1.165, 1.54) is 17.4 Å². The number of hydrogen-bond acceptors (Lipinski definition) is 6. The van der Waals surface area contributed by atoms with Crippen LogP contribution in [0, 0.1) is 5.82 Å². The van der Waals surface area contributed by atoms with Crippen LogP contribution in [0.1, 0.15) is 5.56 Å². The third-order valence-electron chi connectivity index (χ3n) is 4.79. The van der Waals surface area contributed by atoms with Crippen LogP contribution in [0.25, 0.3) is 31.7 Å². The number of aliphatic hydroxyl groups is 1. The van der Waals surface area contributed by atoms with Crippen molar-refractivity contribution in [2.75, 3.05) is 13.7 Å². The number of benzene rings is 2. The highest BCUT2D eigenvalue weighted by molar-refractivity contribution is 7.22. The average Bonchev–Trinajstić information content (AvgIpc) is 3.31. The first-order valence-electron chi connectivity index (χ1n) is 8.60. The zero-order chi connectivity index (χ0) is 19.4. The number of rotatable bonds is 3.